The van der Waals surface area contributed by atoms with Crippen LogP contribution in [0, 0.1) is 6.92 Å². The van der Waals surface area contributed by atoms with E-state index >= 15 is 0 Å². The van der Waals surface area contributed by atoms with Crippen molar-refractivity contribution in [1.29, 1.82) is 0 Å². The summed E-state index contributed by atoms with van der Waals surface area (Å²) in [5.74, 6) is -5.04. The second-order valence-electron chi connectivity index (χ2n) is 13.0. The van der Waals surface area contributed by atoms with Gasteiger partial charge in [0.05, 0.1) is 32.1 Å². The van der Waals surface area contributed by atoms with Crippen molar-refractivity contribution < 1.29 is 43.6 Å². The second kappa shape index (κ2) is 22.0. The molecule has 0 fully saturated rings. The Kier molecular flexibility index (Phi) is 17.3. The van der Waals surface area contributed by atoms with Crippen molar-refractivity contribution in [2.75, 3.05) is 31.6 Å². The van der Waals surface area contributed by atoms with Crippen LogP contribution in [0.2, 0.25) is 0 Å². The number of nitrogens with zero attached hydrogens (tertiary/aromatic N) is 8. The van der Waals surface area contributed by atoms with Gasteiger partial charge in [0.15, 0.2) is 11.6 Å². The number of carboxylic acids is 2. The molecule has 0 spiro atoms. The van der Waals surface area contributed by atoms with Gasteiger partial charge in [-0.3, -0.25) is 52.7 Å². The Balaban J connectivity index is 0.00000215. The van der Waals surface area contributed by atoms with Crippen LogP contribution >= 0.6 is 0 Å². The average Bonchev–Trinajstić information content (AvgIpc) is 3.57. The Morgan fingerprint density at radius 3 is 2.16 bits per heavy atom. The normalized spacial score (nSPS) is 11.8. The molecule has 0 saturated carbocycles. The zero-order chi connectivity index (χ0) is 42.9. The molecule has 0 saturated heterocycles. The number of Topliss-reactive ketones (excluding diaryl/α,β-unsaturated/α-hetero) is 2. The van der Waals surface area contributed by atoms with Crippen LogP contribution in [0.3, 0.4) is 0 Å². The maximum absolute atomic E-state index is 14.0. The van der Waals surface area contributed by atoms with E-state index in [9.17, 15) is 38.7 Å². The number of rotatable bonds is 20. The van der Waals surface area contributed by atoms with E-state index in [1.807, 2.05) is 42.3 Å². The van der Waals surface area contributed by atoms with Crippen molar-refractivity contribution >= 4 is 47.0 Å². The first-order valence-electron chi connectivity index (χ1n) is 17.9. The molecule has 21 nitrogen and oxygen atoms in total. The van der Waals surface area contributed by atoms with Gasteiger partial charge in [0.1, 0.15) is 24.0 Å². The number of carbonyl (C=O) groups is 6. The predicted octanol–water partition coefficient (Wildman–Crippen LogP) is 0.280. The fraction of sp³-hybridized carbons (Fsp3) is 0.405. The molecule has 4 rings (SSSR count). The SMILES string of the molecule is CC(=O)O.CCC(C(=O)NC(CC(=O)O)C(C)=O)n1ccnc(N(Cc2nonc2C)c2nccn(CC(=O)NCC(=O)CN(C)CCc3ccccc3)c2=O)c1=O. The molecule has 58 heavy (non-hydrogen) atoms. The molecule has 0 bridgehead atoms. The monoisotopic (exact) mass is 806 g/mol. The van der Waals surface area contributed by atoms with Crippen LogP contribution in [0.25, 0.3) is 0 Å². The lowest BCUT2D eigenvalue weighted by Gasteiger charge is -2.24. The van der Waals surface area contributed by atoms with Gasteiger partial charge in [0, 0.05) is 38.3 Å². The summed E-state index contributed by atoms with van der Waals surface area (Å²) >= 11 is 0. The highest BCUT2D eigenvalue weighted by Crippen LogP contribution is 2.20. The Morgan fingerprint density at radius 2 is 1.57 bits per heavy atom. The van der Waals surface area contributed by atoms with Gasteiger partial charge in [-0.05, 0) is 39.3 Å². The summed E-state index contributed by atoms with van der Waals surface area (Å²) < 4.78 is 6.90. The summed E-state index contributed by atoms with van der Waals surface area (Å²) in [6.45, 7) is 5.14. The highest BCUT2D eigenvalue weighted by molar-refractivity contribution is 5.91. The lowest BCUT2D eigenvalue weighted by molar-refractivity contribution is -0.140. The third kappa shape index (κ3) is 13.7. The van der Waals surface area contributed by atoms with Crippen molar-refractivity contribution in [3.63, 3.8) is 0 Å². The van der Waals surface area contributed by atoms with E-state index < -0.39 is 65.7 Å². The van der Waals surface area contributed by atoms with E-state index in [0.717, 1.165) is 39.9 Å². The summed E-state index contributed by atoms with van der Waals surface area (Å²) in [6.07, 6.45) is 5.12. The van der Waals surface area contributed by atoms with Gasteiger partial charge >= 0.3 is 5.97 Å². The molecule has 2 atom stereocenters. The maximum Gasteiger partial charge on any atom is 0.305 e. The van der Waals surface area contributed by atoms with Crippen LogP contribution in [-0.2, 0) is 48.3 Å². The number of amides is 2. The molecule has 4 aromatic rings. The first-order chi connectivity index (χ1) is 27.5. The van der Waals surface area contributed by atoms with Crippen molar-refractivity contribution in [3.8, 4) is 0 Å². The Morgan fingerprint density at radius 1 is 0.931 bits per heavy atom. The van der Waals surface area contributed by atoms with Crippen LogP contribution in [0.5, 0.6) is 0 Å². The van der Waals surface area contributed by atoms with Crippen molar-refractivity contribution in [2.45, 2.75) is 72.1 Å². The molecule has 3 aromatic heterocycles. The van der Waals surface area contributed by atoms with Gasteiger partial charge in [-0.1, -0.05) is 47.6 Å². The number of hydrogen-bond donors (Lipinski definition) is 4. The molecule has 310 valence electrons. The first-order valence-corrected chi connectivity index (χ1v) is 17.9. The quantitative estimate of drug-likeness (QED) is 0.0933. The zero-order valence-electron chi connectivity index (χ0n) is 32.7. The molecule has 4 N–H and O–H groups in total. The minimum absolute atomic E-state index is 0.0528. The highest BCUT2D eigenvalue weighted by Gasteiger charge is 2.29. The topological polar surface area (TPSA) is 282 Å². The van der Waals surface area contributed by atoms with Gasteiger partial charge in [-0.15, -0.1) is 0 Å². The summed E-state index contributed by atoms with van der Waals surface area (Å²) in [7, 11) is 1.81. The van der Waals surface area contributed by atoms with Crippen LogP contribution in [0.15, 0.2) is 69.3 Å². The first kappa shape index (κ1) is 45.5. The summed E-state index contributed by atoms with van der Waals surface area (Å²) in [5, 5.41) is 29.2. The molecular weight excluding hydrogens is 760 g/mol. The van der Waals surface area contributed by atoms with Gasteiger partial charge in [-0.25, -0.2) is 14.6 Å². The lowest BCUT2D eigenvalue weighted by Crippen LogP contribution is -2.46. The highest BCUT2D eigenvalue weighted by atomic mass is 16.6. The number of hydrogen-bond acceptors (Lipinski definition) is 15. The Hall–Kier alpha value is -6.90. The summed E-state index contributed by atoms with van der Waals surface area (Å²) in [6, 6.07) is 7.30. The van der Waals surface area contributed by atoms with Crippen LogP contribution in [0.1, 0.15) is 56.6 Å². The number of likely N-dealkylation sites (N-methyl/N-ethyl adjacent to an activating group) is 1. The molecule has 3 heterocycles. The number of aliphatic carboxylic acids is 2. The third-order valence-electron chi connectivity index (χ3n) is 8.39. The molecule has 0 aliphatic rings. The average molecular weight is 807 g/mol. The molecule has 1 aromatic carbocycles. The maximum atomic E-state index is 14.0. The van der Waals surface area contributed by atoms with E-state index in [1.165, 1.54) is 24.8 Å². The number of nitrogens with one attached hydrogen (secondary N) is 2. The molecule has 2 unspecified atom stereocenters. The molecule has 2 amide bonds. The van der Waals surface area contributed by atoms with E-state index in [-0.39, 0.29) is 49.2 Å². The fourth-order valence-electron chi connectivity index (χ4n) is 5.44. The van der Waals surface area contributed by atoms with Crippen LogP contribution < -0.4 is 26.7 Å². The molecule has 0 aliphatic carbocycles. The predicted molar refractivity (Wildman–Crippen MR) is 205 cm³/mol. The molecule has 21 heteroatoms. The number of ketones is 2. The number of anilines is 2. The largest absolute Gasteiger partial charge is 0.481 e. The second-order valence-corrected chi connectivity index (χ2v) is 13.0. The van der Waals surface area contributed by atoms with Gasteiger partial charge in [0.25, 0.3) is 17.1 Å². The van der Waals surface area contributed by atoms with Crippen LogP contribution in [0.4, 0.5) is 11.6 Å². The minimum Gasteiger partial charge on any atom is -0.481 e. The van der Waals surface area contributed by atoms with Crippen molar-refractivity contribution in [1.82, 2.24) is 44.9 Å². The van der Waals surface area contributed by atoms with Gasteiger partial charge in [0.2, 0.25) is 23.5 Å². The number of aryl methyl sites for hydroxylation is 1. The third-order valence-corrected chi connectivity index (χ3v) is 8.39. The summed E-state index contributed by atoms with van der Waals surface area (Å²) in [4.78, 5) is 110. The lowest BCUT2D eigenvalue weighted by atomic mass is 10.1. The van der Waals surface area contributed by atoms with Crippen LogP contribution in [-0.4, -0.2) is 113 Å². The van der Waals surface area contributed by atoms with Gasteiger partial charge < -0.3 is 25.4 Å². The molecule has 0 aliphatic heterocycles. The van der Waals surface area contributed by atoms with E-state index in [0.29, 0.717) is 12.2 Å². The van der Waals surface area contributed by atoms with Crippen molar-refractivity contribution in [2.24, 2.45) is 0 Å². The van der Waals surface area contributed by atoms with E-state index in [1.54, 1.807) is 13.8 Å². The number of benzene rings is 1. The molecular formula is C37H46N10O11. The fourth-order valence-corrected chi connectivity index (χ4v) is 5.44. The minimum atomic E-state index is -1.33. The van der Waals surface area contributed by atoms with E-state index in [4.69, 9.17) is 14.5 Å². The smallest absolute Gasteiger partial charge is 0.305 e. The van der Waals surface area contributed by atoms with Gasteiger partial charge in [-0.2, -0.15) is 0 Å². The zero-order valence-corrected chi connectivity index (χ0v) is 32.7. The Bertz CT molecular complexity index is 2180. The number of carbonyl (C=O) groups excluding carboxylic acids is 4. The number of carboxylic acid groups (broad SMARTS) is 2. The summed E-state index contributed by atoms with van der Waals surface area (Å²) in [5.41, 5.74) is 0.0531. The standard InChI is InChI=1S/C35H42N10O9.C2H4O2/c1-5-28(33(51)39-26(23(3)46)17-30(49)50)44-16-13-37-32(35(44)53)45(20-27-22(2)40-54-41-27)31-34(52)43(15-12-36-31)21-29(48)38-18-25(47)19-42(4)14-11-24-9-7-6-8-10-24;1-2(3)4/h6-10,12-13,15-16,26,28H,5,11,14,17-21H2,1-4H3,(H,38,48)(H,39,51)(H,49,50);1H3,(H,3,4). The van der Waals surface area contributed by atoms with E-state index in [2.05, 4.69) is 30.9 Å². The van der Waals surface area contributed by atoms with Crippen molar-refractivity contribution in [3.05, 3.63) is 92.8 Å². The molecule has 0 radical (unpaired) electrons. The Labute approximate surface area is 331 Å². The number of aromatic nitrogens is 6.